The Morgan fingerprint density at radius 1 is 1.08 bits per heavy atom. The molecule has 0 aromatic heterocycles. The predicted molar refractivity (Wildman–Crippen MR) is 92.4 cm³/mol. The van der Waals surface area contributed by atoms with E-state index in [1.165, 1.54) is 0 Å². The number of carbonyl (C=O) groups is 2. The predicted octanol–water partition coefficient (Wildman–Crippen LogP) is 3.46. The van der Waals surface area contributed by atoms with Crippen LogP contribution >= 0.6 is 11.6 Å². The zero-order valence-corrected chi connectivity index (χ0v) is 14.0. The lowest BCUT2D eigenvalue weighted by Crippen LogP contribution is -2.21. The van der Waals surface area contributed by atoms with Gasteiger partial charge < -0.3 is 14.8 Å². The van der Waals surface area contributed by atoms with E-state index in [0.29, 0.717) is 17.3 Å². The Kier molecular flexibility index (Phi) is 6.63. The van der Waals surface area contributed by atoms with E-state index in [4.69, 9.17) is 21.1 Å². The van der Waals surface area contributed by atoms with Crippen molar-refractivity contribution in [3.63, 3.8) is 0 Å². The Hall–Kier alpha value is -2.53. The first-order valence-electron chi connectivity index (χ1n) is 7.50. The highest BCUT2D eigenvalue weighted by Crippen LogP contribution is 2.20. The summed E-state index contributed by atoms with van der Waals surface area (Å²) in [4.78, 5) is 23.6. The van der Waals surface area contributed by atoms with Gasteiger partial charge >= 0.3 is 5.97 Å². The second-order valence-electron chi connectivity index (χ2n) is 4.94. The monoisotopic (exact) mass is 347 g/mol. The minimum absolute atomic E-state index is 0.0891. The number of ether oxygens (including phenoxy) is 2. The highest BCUT2D eigenvalue weighted by molar-refractivity contribution is 6.33. The largest absolute Gasteiger partial charge is 0.494 e. The van der Waals surface area contributed by atoms with Crippen molar-refractivity contribution in [2.24, 2.45) is 0 Å². The fraction of sp³-hybridized carbons (Fsp3) is 0.222. The topological polar surface area (TPSA) is 64.6 Å². The zero-order chi connectivity index (χ0) is 17.4. The van der Waals surface area contributed by atoms with Crippen molar-refractivity contribution in [3.05, 3.63) is 59.1 Å². The molecule has 0 saturated carbocycles. The first-order chi connectivity index (χ1) is 11.6. The number of amides is 1. The molecule has 0 spiro atoms. The van der Waals surface area contributed by atoms with Crippen molar-refractivity contribution >= 4 is 29.2 Å². The lowest BCUT2D eigenvalue weighted by molar-refractivity contribution is -0.146. The number of benzene rings is 2. The molecule has 0 bridgehead atoms. The molecule has 0 aliphatic heterocycles. The van der Waals surface area contributed by atoms with Gasteiger partial charge in [-0.3, -0.25) is 9.59 Å². The van der Waals surface area contributed by atoms with Crippen molar-refractivity contribution in [1.29, 1.82) is 0 Å². The normalized spacial score (nSPS) is 10.1. The average molecular weight is 348 g/mol. The molecule has 0 radical (unpaired) electrons. The molecule has 0 heterocycles. The standard InChI is InChI=1S/C18H18ClNO4/c1-2-23-14-9-7-13(8-10-14)11-18(22)24-12-17(21)20-16-6-4-3-5-15(16)19/h3-10H,2,11-12H2,1H3,(H,20,21). The molecule has 0 saturated heterocycles. The number of hydrogen-bond donors (Lipinski definition) is 1. The number of anilines is 1. The third kappa shape index (κ3) is 5.59. The molecule has 1 amide bonds. The molecule has 2 aromatic carbocycles. The second-order valence-corrected chi connectivity index (χ2v) is 5.35. The fourth-order valence-electron chi connectivity index (χ4n) is 1.98. The maximum Gasteiger partial charge on any atom is 0.310 e. The minimum Gasteiger partial charge on any atom is -0.494 e. The van der Waals surface area contributed by atoms with Crippen LogP contribution in [0.1, 0.15) is 12.5 Å². The van der Waals surface area contributed by atoms with Gasteiger partial charge in [0.05, 0.1) is 23.7 Å². The van der Waals surface area contributed by atoms with Crippen LogP contribution in [-0.2, 0) is 20.7 Å². The maximum atomic E-state index is 11.8. The van der Waals surface area contributed by atoms with Gasteiger partial charge in [0.25, 0.3) is 5.91 Å². The van der Waals surface area contributed by atoms with Crippen molar-refractivity contribution in [1.82, 2.24) is 0 Å². The number of nitrogens with one attached hydrogen (secondary N) is 1. The number of hydrogen-bond acceptors (Lipinski definition) is 4. The highest BCUT2D eigenvalue weighted by atomic mass is 35.5. The summed E-state index contributed by atoms with van der Waals surface area (Å²) >= 11 is 5.94. The Bertz CT molecular complexity index is 700. The maximum absolute atomic E-state index is 11.8. The van der Waals surface area contributed by atoms with Crippen LogP contribution in [0.4, 0.5) is 5.69 Å². The van der Waals surface area contributed by atoms with E-state index >= 15 is 0 Å². The van der Waals surface area contributed by atoms with Gasteiger partial charge in [-0.25, -0.2) is 0 Å². The van der Waals surface area contributed by atoms with Crippen LogP contribution in [0.25, 0.3) is 0 Å². The zero-order valence-electron chi connectivity index (χ0n) is 13.3. The quantitative estimate of drug-likeness (QED) is 0.779. The van der Waals surface area contributed by atoms with Crippen LogP contribution in [0.2, 0.25) is 5.02 Å². The summed E-state index contributed by atoms with van der Waals surface area (Å²) in [6, 6.07) is 14.0. The van der Waals surface area contributed by atoms with Gasteiger partial charge in [0.15, 0.2) is 6.61 Å². The third-order valence-electron chi connectivity index (χ3n) is 3.10. The van der Waals surface area contributed by atoms with Crippen LogP contribution < -0.4 is 10.1 Å². The number of para-hydroxylation sites is 1. The summed E-state index contributed by atoms with van der Waals surface area (Å²) in [5.41, 5.74) is 1.27. The van der Waals surface area contributed by atoms with E-state index in [1.807, 2.05) is 6.92 Å². The first kappa shape index (κ1) is 17.8. The van der Waals surface area contributed by atoms with Gasteiger partial charge in [-0.2, -0.15) is 0 Å². The van der Waals surface area contributed by atoms with Gasteiger partial charge in [-0.1, -0.05) is 35.9 Å². The van der Waals surface area contributed by atoms with Gasteiger partial charge in [0.2, 0.25) is 0 Å². The first-order valence-corrected chi connectivity index (χ1v) is 7.88. The number of carbonyl (C=O) groups excluding carboxylic acids is 2. The van der Waals surface area contributed by atoms with Crippen LogP contribution in [-0.4, -0.2) is 25.1 Å². The van der Waals surface area contributed by atoms with Crippen LogP contribution in [0.5, 0.6) is 5.75 Å². The second kappa shape index (κ2) is 8.93. The van der Waals surface area contributed by atoms with E-state index in [0.717, 1.165) is 11.3 Å². The van der Waals surface area contributed by atoms with Crippen LogP contribution in [0.15, 0.2) is 48.5 Å². The molecule has 2 rings (SSSR count). The molecule has 5 nitrogen and oxygen atoms in total. The van der Waals surface area contributed by atoms with Crippen molar-refractivity contribution in [3.8, 4) is 5.75 Å². The fourth-order valence-corrected chi connectivity index (χ4v) is 2.17. The van der Waals surface area contributed by atoms with Crippen LogP contribution in [0, 0.1) is 0 Å². The summed E-state index contributed by atoms with van der Waals surface area (Å²) in [5.74, 6) is -0.176. The Balaban J connectivity index is 1.78. The Morgan fingerprint density at radius 3 is 2.46 bits per heavy atom. The molecule has 126 valence electrons. The molecule has 0 atom stereocenters. The summed E-state index contributed by atoms with van der Waals surface area (Å²) in [7, 11) is 0. The highest BCUT2D eigenvalue weighted by Gasteiger charge is 2.10. The average Bonchev–Trinajstić information content (AvgIpc) is 2.57. The molecule has 24 heavy (non-hydrogen) atoms. The molecule has 6 heteroatoms. The third-order valence-corrected chi connectivity index (χ3v) is 3.42. The lowest BCUT2D eigenvalue weighted by atomic mass is 10.1. The molecule has 0 fully saturated rings. The Morgan fingerprint density at radius 2 is 1.79 bits per heavy atom. The van der Waals surface area contributed by atoms with Gasteiger partial charge in [-0.15, -0.1) is 0 Å². The summed E-state index contributed by atoms with van der Waals surface area (Å²) in [6.45, 7) is 2.13. The van der Waals surface area contributed by atoms with Crippen LogP contribution in [0.3, 0.4) is 0 Å². The van der Waals surface area contributed by atoms with Crippen molar-refractivity contribution in [2.45, 2.75) is 13.3 Å². The van der Waals surface area contributed by atoms with E-state index in [9.17, 15) is 9.59 Å². The van der Waals surface area contributed by atoms with E-state index in [-0.39, 0.29) is 13.0 Å². The molecular formula is C18H18ClNO4. The molecule has 0 aliphatic rings. The van der Waals surface area contributed by atoms with E-state index < -0.39 is 11.9 Å². The van der Waals surface area contributed by atoms with Gasteiger partial charge in [0.1, 0.15) is 5.75 Å². The minimum atomic E-state index is -0.478. The Labute approximate surface area is 145 Å². The smallest absolute Gasteiger partial charge is 0.310 e. The molecule has 1 N–H and O–H groups in total. The van der Waals surface area contributed by atoms with Crippen molar-refractivity contribution < 1.29 is 19.1 Å². The molecule has 0 aliphatic carbocycles. The number of esters is 1. The van der Waals surface area contributed by atoms with Crippen molar-refractivity contribution in [2.75, 3.05) is 18.5 Å². The SMILES string of the molecule is CCOc1ccc(CC(=O)OCC(=O)Nc2ccccc2Cl)cc1. The number of rotatable bonds is 7. The van der Waals surface area contributed by atoms with E-state index in [2.05, 4.69) is 5.32 Å². The van der Waals surface area contributed by atoms with E-state index in [1.54, 1.807) is 48.5 Å². The number of halogens is 1. The van der Waals surface area contributed by atoms with Gasteiger partial charge in [-0.05, 0) is 36.8 Å². The summed E-state index contributed by atoms with van der Waals surface area (Å²) in [5, 5.41) is 3.01. The molecule has 0 unspecified atom stereocenters. The molecular weight excluding hydrogens is 330 g/mol. The summed E-state index contributed by atoms with van der Waals surface area (Å²) < 4.78 is 10.3. The lowest BCUT2D eigenvalue weighted by Gasteiger charge is -2.08. The summed E-state index contributed by atoms with van der Waals surface area (Å²) in [6.07, 6.45) is 0.0891. The van der Waals surface area contributed by atoms with Gasteiger partial charge in [0, 0.05) is 0 Å². The molecule has 2 aromatic rings.